The van der Waals surface area contributed by atoms with E-state index in [0.29, 0.717) is 13.0 Å². The van der Waals surface area contributed by atoms with Gasteiger partial charge >= 0.3 is 11.9 Å². The van der Waals surface area contributed by atoms with Crippen LogP contribution in [0.5, 0.6) is 0 Å². The van der Waals surface area contributed by atoms with E-state index in [1.807, 2.05) is 0 Å². The molecule has 0 saturated carbocycles. The van der Waals surface area contributed by atoms with Crippen LogP contribution < -0.4 is 5.32 Å². The molecule has 0 spiro atoms. The molecule has 0 aliphatic carbocycles. The molecule has 6 heteroatoms. The van der Waals surface area contributed by atoms with Crippen molar-refractivity contribution in [3.8, 4) is 0 Å². The predicted molar refractivity (Wildman–Crippen MR) is 59.6 cm³/mol. The van der Waals surface area contributed by atoms with Gasteiger partial charge in [0.25, 0.3) is 0 Å². The fourth-order valence-electron chi connectivity index (χ4n) is 1.58. The highest BCUT2D eigenvalue weighted by Crippen LogP contribution is 2.12. The third kappa shape index (κ3) is 5.14. The maximum atomic E-state index is 11.3. The lowest BCUT2D eigenvalue weighted by Crippen LogP contribution is -2.30. The zero-order valence-corrected chi connectivity index (χ0v) is 10.4. The normalized spacial score (nSPS) is 24.6. The number of carboxylic acid groups (broad SMARTS) is 1. The number of carbonyl (C=O) groups excluding carboxylic acids is 1. The highest BCUT2D eigenvalue weighted by Gasteiger charge is 2.30. The molecule has 17 heavy (non-hydrogen) atoms. The summed E-state index contributed by atoms with van der Waals surface area (Å²) in [6, 6.07) is -0.585. The van der Waals surface area contributed by atoms with E-state index in [0.717, 1.165) is 0 Å². The maximum absolute atomic E-state index is 11.3. The van der Waals surface area contributed by atoms with E-state index in [1.54, 1.807) is 20.8 Å². The number of nitrogens with one attached hydrogen (secondary N) is 1. The number of carbonyl (C=O) groups is 2. The minimum absolute atomic E-state index is 0.143. The Morgan fingerprint density at radius 2 is 2.06 bits per heavy atom. The molecule has 0 amide bonds. The van der Waals surface area contributed by atoms with Crippen LogP contribution in [0.15, 0.2) is 0 Å². The number of rotatable bonds is 4. The molecule has 0 unspecified atom stereocenters. The summed E-state index contributed by atoms with van der Waals surface area (Å²) >= 11 is 0. The standard InChI is InChI=1S/C11H19NO5/c1-11(2,3)17-9(13)6-16-7-4-8(10(14)15)12-5-7/h7-8,12H,4-6H2,1-3H3,(H,14,15)/t7-,8+/m1/s1. The molecule has 1 heterocycles. The number of hydrogen-bond acceptors (Lipinski definition) is 5. The minimum atomic E-state index is -0.895. The van der Waals surface area contributed by atoms with Crippen LogP contribution in [0.1, 0.15) is 27.2 Å². The first-order chi connectivity index (χ1) is 7.78. The lowest BCUT2D eigenvalue weighted by molar-refractivity contribution is -0.161. The molecular weight excluding hydrogens is 226 g/mol. The SMILES string of the molecule is CC(C)(C)OC(=O)CO[C@H]1CN[C@H](C(=O)O)C1. The van der Waals surface area contributed by atoms with E-state index in [4.69, 9.17) is 14.6 Å². The summed E-state index contributed by atoms with van der Waals surface area (Å²) in [6.45, 7) is 5.64. The smallest absolute Gasteiger partial charge is 0.332 e. The molecule has 6 nitrogen and oxygen atoms in total. The van der Waals surface area contributed by atoms with Crippen molar-refractivity contribution >= 4 is 11.9 Å². The first kappa shape index (κ1) is 13.9. The summed E-state index contributed by atoms with van der Waals surface area (Å²) in [5.41, 5.74) is -0.530. The Kier molecular flexibility index (Phi) is 4.47. The Balaban J connectivity index is 2.24. The molecule has 0 aromatic rings. The molecular formula is C11H19NO5. The molecule has 0 aromatic carbocycles. The molecule has 1 aliphatic heterocycles. The van der Waals surface area contributed by atoms with Crippen LogP contribution in [0, 0.1) is 0 Å². The molecule has 0 aromatic heterocycles. The third-order valence-corrected chi connectivity index (χ3v) is 2.25. The summed E-state index contributed by atoms with van der Waals surface area (Å²) in [7, 11) is 0. The van der Waals surface area contributed by atoms with E-state index in [2.05, 4.69) is 5.32 Å². The van der Waals surface area contributed by atoms with Gasteiger partial charge in [-0.25, -0.2) is 4.79 Å². The van der Waals surface area contributed by atoms with Crippen LogP contribution >= 0.6 is 0 Å². The van der Waals surface area contributed by atoms with Crippen LogP contribution in [0.3, 0.4) is 0 Å². The predicted octanol–water partition coefficient (Wildman–Crippen LogP) is 0.160. The lowest BCUT2D eigenvalue weighted by atomic mass is 10.2. The van der Waals surface area contributed by atoms with Gasteiger partial charge in [-0.15, -0.1) is 0 Å². The number of esters is 1. The fourth-order valence-corrected chi connectivity index (χ4v) is 1.58. The van der Waals surface area contributed by atoms with Crippen molar-refractivity contribution in [3.05, 3.63) is 0 Å². The number of hydrogen-bond donors (Lipinski definition) is 2. The zero-order valence-electron chi connectivity index (χ0n) is 10.4. The second-order valence-corrected chi connectivity index (χ2v) is 5.05. The van der Waals surface area contributed by atoms with E-state index in [1.165, 1.54) is 0 Å². The van der Waals surface area contributed by atoms with Gasteiger partial charge in [0, 0.05) is 13.0 Å². The first-order valence-electron chi connectivity index (χ1n) is 5.57. The molecule has 1 saturated heterocycles. The van der Waals surface area contributed by atoms with Crippen molar-refractivity contribution < 1.29 is 24.2 Å². The Labute approximate surface area is 100 Å². The van der Waals surface area contributed by atoms with Crippen molar-refractivity contribution in [1.82, 2.24) is 5.32 Å². The van der Waals surface area contributed by atoms with Crippen LogP contribution in [0.2, 0.25) is 0 Å². The van der Waals surface area contributed by atoms with Gasteiger partial charge in [-0.05, 0) is 20.8 Å². The average molecular weight is 245 g/mol. The first-order valence-corrected chi connectivity index (χ1v) is 5.57. The molecule has 1 aliphatic rings. The molecule has 2 N–H and O–H groups in total. The van der Waals surface area contributed by atoms with Crippen LogP contribution in [0.4, 0.5) is 0 Å². The van der Waals surface area contributed by atoms with Crippen molar-refractivity contribution in [1.29, 1.82) is 0 Å². The van der Waals surface area contributed by atoms with Gasteiger partial charge in [-0.1, -0.05) is 0 Å². The lowest BCUT2D eigenvalue weighted by Gasteiger charge is -2.20. The summed E-state index contributed by atoms with van der Waals surface area (Å²) in [4.78, 5) is 22.0. The largest absolute Gasteiger partial charge is 0.480 e. The van der Waals surface area contributed by atoms with Crippen LogP contribution in [-0.4, -0.2) is 47.9 Å². The molecule has 0 bridgehead atoms. The highest BCUT2D eigenvalue weighted by atomic mass is 16.6. The second kappa shape index (κ2) is 5.46. The summed E-state index contributed by atoms with van der Waals surface area (Å²) < 4.78 is 10.4. The van der Waals surface area contributed by atoms with Gasteiger partial charge in [-0.3, -0.25) is 4.79 Å². The number of carboxylic acids is 1. The van der Waals surface area contributed by atoms with Crippen molar-refractivity contribution in [2.24, 2.45) is 0 Å². The van der Waals surface area contributed by atoms with E-state index < -0.39 is 23.6 Å². The van der Waals surface area contributed by atoms with Gasteiger partial charge in [0.1, 0.15) is 18.2 Å². The maximum Gasteiger partial charge on any atom is 0.332 e. The molecule has 98 valence electrons. The van der Waals surface area contributed by atoms with Gasteiger partial charge < -0.3 is 19.9 Å². The molecule has 1 fully saturated rings. The van der Waals surface area contributed by atoms with Gasteiger partial charge in [0.2, 0.25) is 0 Å². The van der Waals surface area contributed by atoms with E-state index in [9.17, 15) is 9.59 Å². The second-order valence-electron chi connectivity index (χ2n) is 5.05. The summed E-state index contributed by atoms with van der Waals surface area (Å²) in [5, 5.41) is 11.6. The minimum Gasteiger partial charge on any atom is -0.480 e. The van der Waals surface area contributed by atoms with Gasteiger partial charge in [0.15, 0.2) is 0 Å². The molecule has 0 radical (unpaired) electrons. The summed E-state index contributed by atoms with van der Waals surface area (Å²) in [6.07, 6.45) is 0.126. The van der Waals surface area contributed by atoms with Crippen molar-refractivity contribution in [2.75, 3.05) is 13.2 Å². The Morgan fingerprint density at radius 1 is 1.41 bits per heavy atom. The molecule has 1 rings (SSSR count). The highest BCUT2D eigenvalue weighted by molar-refractivity contribution is 5.74. The number of aliphatic carboxylic acids is 1. The van der Waals surface area contributed by atoms with Crippen LogP contribution in [0.25, 0.3) is 0 Å². The fraction of sp³-hybridized carbons (Fsp3) is 0.818. The van der Waals surface area contributed by atoms with E-state index in [-0.39, 0.29) is 12.7 Å². The zero-order chi connectivity index (χ0) is 13.1. The Morgan fingerprint density at radius 3 is 2.53 bits per heavy atom. The van der Waals surface area contributed by atoms with Crippen LogP contribution in [-0.2, 0) is 19.1 Å². The van der Waals surface area contributed by atoms with Gasteiger partial charge in [-0.2, -0.15) is 0 Å². The Hall–Kier alpha value is -1.14. The monoisotopic (exact) mass is 245 g/mol. The average Bonchev–Trinajstić information content (AvgIpc) is 2.60. The topological polar surface area (TPSA) is 84.9 Å². The summed E-state index contributed by atoms with van der Waals surface area (Å²) in [5.74, 6) is -1.33. The number of ether oxygens (including phenoxy) is 2. The Bertz CT molecular complexity index is 297. The quantitative estimate of drug-likeness (QED) is 0.686. The van der Waals surface area contributed by atoms with Crippen molar-refractivity contribution in [3.63, 3.8) is 0 Å². The molecule has 2 atom stereocenters. The van der Waals surface area contributed by atoms with E-state index >= 15 is 0 Å². The van der Waals surface area contributed by atoms with Gasteiger partial charge in [0.05, 0.1) is 6.10 Å². The third-order valence-electron chi connectivity index (χ3n) is 2.25. The van der Waals surface area contributed by atoms with Crippen molar-refractivity contribution in [2.45, 2.75) is 44.9 Å².